The minimum absolute atomic E-state index is 0.0126. The number of ketones is 1. The van der Waals surface area contributed by atoms with Crippen molar-refractivity contribution in [3.05, 3.63) is 17.0 Å². The standard InChI is InChI=1S/C22H26ClN5O4/c1-9-7-11(29)12-13(26-9)14-19(27-18(12)23)28(8-25-14)15-10-5-6-22(10,20(30)24-4)17-16(15)31-21(2,3)32-17/h8-10,15-17,26H,5-7H2,1-4H3,(H,24,30)/t9?,10-,15-,16+,17+,22+/m1/s1. The Morgan fingerprint density at radius 3 is 2.84 bits per heavy atom. The van der Waals surface area contributed by atoms with E-state index in [1.54, 1.807) is 13.4 Å². The number of imidazole rings is 1. The fourth-order valence-corrected chi connectivity index (χ4v) is 6.70. The van der Waals surface area contributed by atoms with Crippen LogP contribution < -0.4 is 10.6 Å². The van der Waals surface area contributed by atoms with E-state index in [1.807, 2.05) is 25.3 Å². The molecule has 3 fully saturated rings. The van der Waals surface area contributed by atoms with Gasteiger partial charge in [-0.2, -0.15) is 0 Å². The zero-order valence-electron chi connectivity index (χ0n) is 18.4. The number of rotatable bonds is 2. The van der Waals surface area contributed by atoms with Crippen LogP contribution >= 0.6 is 11.6 Å². The summed E-state index contributed by atoms with van der Waals surface area (Å²) in [4.78, 5) is 34.9. The Morgan fingerprint density at radius 2 is 2.16 bits per heavy atom. The van der Waals surface area contributed by atoms with Crippen molar-refractivity contribution in [1.29, 1.82) is 0 Å². The van der Waals surface area contributed by atoms with Crippen LogP contribution in [0.1, 0.15) is 56.4 Å². The van der Waals surface area contributed by atoms with E-state index in [0.29, 0.717) is 28.8 Å². The Labute approximate surface area is 190 Å². The van der Waals surface area contributed by atoms with Gasteiger partial charge in [-0.1, -0.05) is 11.6 Å². The van der Waals surface area contributed by atoms with Gasteiger partial charge in [-0.15, -0.1) is 0 Å². The fraction of sp³-hybridized carbons (Fsp3) is 0.636. The number of aromatic nitrogens is 3. The van der Waals surface area contributed by atoms with Crippen LogP contribution in [0, 0.1) is 11.3 Å². The number of ether oxygens (including phenoxy) is 2. The fourth-order valence-electron chi connectivity index (χ4n) is 6.42. The largest absolute Gasteiger partial charge is 0.380 e. The molecule has 2 aliphatic carbocycles. The third-order valence-electron chi connectivity index (χ3n) is 7.71. The van der Waals surface area contributed by atoms with Crippen molar-refractivity contribution in [2.24, 2.45) is 11.3 Å². The van der Waals surface area contributed by atoms with Gasteiger partial charge in [0.25, 0.3) is 0 Å². The van der Waals surface area contributed by atoms with Crippen LogP contribution in [-0.2, 0) is 14.3 Å². The van der Waals surface area contributed by atoms with Gasteiger partial charge >= 0.3 is 0 Å². The quantitative estimate of drug-likeness (QED) is 0.665. The number of halogens is 1. The van der Waals surface area contributed by atoms with Gasteiger partial charge in [0.2, 0.25) is 5.91 Å². The molecule has 2 N–H and O–H groups in total. The topological polar surface area (TPSA) is 107 Å². The van der Waals surface area contributed by atoms with Gasteiger partial charge in [0.15, 0.2) is 17.2 Å². The molecule has 0 spiro atoms. The molecule has 170 valence electrons. The number of carbonyl (C=O) groups is 2. The molecule has 1 amide bonds. The lowest BCUT2D eigenvalue weighted by molar-refractivity contribution is -0.194. The highest BCUT2D eigenvalue weighted by atomic mass is 35.5. The minimum atomic E-state index is -0.792. The van der Waals surface area contributed by atoms with E-state index < -0.39 is 11.2 Å². The molecule has 2 aromatic heterocycles. The summed E-state index contributed by atoms with van der Waals surface area (Å²) in [6.45, 7) is 5.71. The highest BCUT2D eigenvalue weighted by Crippen LogP contribution is 2.66. The zero-order chi connectivity index (χ0) is 22.6. The third-order valence-corrected chi connectivity index (χ3v) is 7.99. The summed E-state index contributed by atoms with van der Waals surface area (Å²) in [6.07, 6.45) is 3.05. The minimum Gasteiger partial charge on any atom is -0.380 e. The number of pyridine rings is 1. The Balaban J connectivity index is 1.52. The number of hydrogen-bond acceptors (Lipinski definition) is 7. The third kappa shape index (κ3) is 2.42. The first-order valence-corrected chi connectivity index (χ1v) is 11.5. The second-order valence-electron chi connectivity index (χ2n) is 9.93. The van der Waals surface area contributed by atoms with Gasteiger partial charge in [0.05, 0.1) is 29.0 Å². The molecule has 0 radical (unpaired) electrons. The van der Waals surface area contributed by atoms with Gasteiger partial charge in [-0.25, -0.2) is 9.97 Å². The maximum Gasteiger partial charge on any atom is 0.229 e. The molecule has 9 nitrogen and oxygen atoms in total. The van der Waals surface area contributed by atoms with Crippen LogP contribution in [0.3, 0.4) is 0 Å². The van der Waals surface area contributed by atoms with Crippen LogP contribution in [0.5, 0.6) is 0 Å². The summed E-state index contributed by atoms with van der Waals surface area (Å²) in [5, 5.41) is 6.38. The highest BCUT2D eigenvalue weighted by molar-refractivity contribution is 6.34. The van der Waals surface area contributed by atoms with Gasteiger partial charge in [0.1, 0.15) is 22.9 Å². The summed E-state index contributed by atoms with van der Waals surface area (Å²) in [5.74, 6) is -0.815. The Kier molecular flexibility index (Phi) is 4.09. The number of amides is 1. The molecule has 32 heavy (non-hydrogen) atoms. The maximum atomic E-state index is 13.1. The maximum absolute atomic E-state index is 13.1. The lowest BCUT2D eigenvalue weighted by Gasteiger charge is -2.47. The number of nitrogens with zero attached hydrogens (tertiary/aromatic N) is 3. The van der Waals surface area contributed by atoms with Crippen molar-refractivity contribution < 1.29 is 19.1 Å². The average molecular weight is 460 g/mol. The predicted molar refractivity (Wildman–Crippen MR) is 117 cm³/mol. The SMILES string of the molecule is CNC(=O)[C@@]12CC[C@@H]1[C@@H](n1cnc3c4c(c(Cl)nc31)C(=O)CC(C)N4)[C@@H]1OC(C)(C)O[C@@H]12. The summed E-state index contributed by atoms with van der Waals surface area (Å²) < 4.78 is 14.6. The Hall–Kier alpha value is -2.23. The smallest absolute Gasteiger partial charge is 0.229 e. The molecule has 6 rings (SSSR count). The first-order valence-electron chi connectivity index (χ1n) is 11.1. The van der Waals surface area contributed by atoms with Crippen molar-refractivity contribution in [2.75, 3.05) is 12.4 Å². The van der Waals surface area contributed by atoms with E-state index in [9.17, 15) is 9.59 Å². The van der Waals surface area contributed by atoms with Crippen LogP contribution in [-0.4, -0.2) is 57.3 Å². The normalized spacial score (nSPS) is 36.8. The number of anilines is 1. The monoisotopic (exact) mass is 459 g/mol. The van der Waals surface area contributed by atoms with Crippen molar-refractivity contribution in [3.63, 3.8) is 0 Å². The molecule has 2 saturated carbocycles. The molecular weight excluding hydrogens is 434 g/mol. The van der Waals surface area contributed by atoms with E-state index in [-0.39, 0.29) is 47.1 Å². The molecule has 2 aliphatic heterocycles. The van der Waals surface area contributed by atoms with Crippen LogP contribution in [0.15, 0.2) is 6.33 Å². The molecule has 6 atom stereocenters. The zero-order valence-corrected chi connectivity index (χ0v) is 19.2. The number of fused-ring (bicyclic) bond motifs is 6. The van der Waals surface area contributed by atoms with Crippen molar-refractivity contribution >= 4 is 40.1 Å². The Bertz CT molecular complexity index is 1180. The van der Waals surface area contributed by atoms with Gasteiger partial charge < -0.3 is 24.7 Å². The molecule has 0 bridgehead atoms. The molecule has 4 aliphatic rings. The molecule has 2 aromatic rings. The summed E-state index contributed by atoms with van der Waals surface area (Å²) in [5.41, 5.74) is 1.58. The second-order valence-corrected chi connectivity index (χ2v) is 10.3. The highest BCUT2D eigenvalue weighted by Gasteiger charge is 2.73. The van der Waals surface area contributed by atoms with Gasteiger partial charge in [-0.3, -0.25) is 9.59 Å². The number of hydrogen-bond donors (Lipinski definition) is 2. The first-order chi connectivity index (χ1) is 15.2. The van der Waals surface area contributed by atoms with Gasteiger partial charge in [0, 0.05) is 19.5 Å². The lowest BCUT2D eigenvalue weighted by atomic mass is 9.59. The molecule has 1 unspecified atom stereocenters. The second kappa shape index (κ2) is 6.42. The average Bonchev–Trinajstić information content (AvgIpc) is 3.29. The lowest BCUT2D eigenvalue weighted by Crippen LogP contribution is -2.56. The summed E-state index contributed by atoms with van der Waals surface area (Å²) in [6, 6.07) is -0.200. The van der Waals surface area contributed by atoms with E-state index in [0.717, 1.165) is 12.8 Å². The van der Waals surface area contributed by atoms with Crippen LogP contribution in [0.2, 0.25) is 5.15 Å². The van der Waals surface area contributed by atoms with E-state index in [1.165, 1.54) is 0 Å². The van der Waals surface area contributed by atoms with Crippen molar-refractivity contribution in [1.82, 2.24) is 19.9 Å². The summed E-state index contributed by atoms with van der Waals surface area (Å²) in [7, 11) is 1.67. The van der Waals surface area contributed by atoms with Crippen LogP contribution in [0.25, 0.3) is 11.2 Å². The molecule has 0 aromatic carbocycles. The first kappa shape index (κ1) is 20.4. The number of carbonyl (C=O) groups excluding carboxylic acids is 2. The van der Waals surface area contributed by atoms with E-state index in [2.05, 4.69) is 20.6 Å². The summed E-state index contributed by atoms with van der Waals surface area (Å²) >= 11 is 6.50. The number of nitrogens with one attached hydrogen (secondary N) is 2. The van der Waals surface area contributed by atoms with Crippen LogP contribution in [0.4, 0.5) is 5.69 Å². The van der Waals surface area contributed by atoms with Crippen molar-refractivity contribution in [3.8, 4) is 0 Å². The Morgan fingerprint density at radius 1 is 1.38 bits per heavy atom. The van der Waals surface area contributed by atoms with Gasteiger partial charge in [-0.05, 0) is 39.5 Å². The predicted octanol–water partition coefficient (Wildman–Crippen LogP) is 2.69. The molecule has 1 saturated heterocycles. The van der Waals surface area contributed by atoms with E-state index >= 15 is 0 Å². The molecular formula is C22H26ClN5O4. The molecule has 4 heterocycles. The molecule has 10 heteroatoms. The number of Topliss-reactive ketones (excluding diaryl/α,β-unsaturated/α-hetero) is 1. The van der Waals surface area contributed by atoms with Crippen molar-refractivity contribution in [2.45, 2.75) is 70.1 Å². The van der Waals surface area contributed by atoms with E-state index in [4.69, 9.17) is 21.1 Å².